The number of nitro benzene ring substituents is 1. The highest BCUT2D eigenvalue weighted by molar-refractivity contribution is 5.63. The fraction of sp³-hybridized carbons (Fsp3) is 0.273. The Hall–Kier alpha value is -2.68. The van der Waals surface area contributed by atoms with Gasteiger partial charge >= 0.3 is 0 Å². The van der Waals surface area contributed by atoms with Crippen molar-refractivity contribution >= 4 is 11.4 Å². The Kier molecular flexibility index (Phi) is 4.11. The molecule has 0 radical (unpaired) electrons. The Labute approximate surface area is 113 Å². The van der Waals surface area contributed by atoms with Gasteiger partial charge in [0.05, 0.1) is 36.9 Å². The Morgan fingerprint density at radius 1 is 1.45 bits per heavy atom. The van der Waals surface area contributed by atoms with Crippen molar-refractivity contribution in [2.24, 2.45) is 0 Å². The van der Waals surface area contributed by atoms with E-state index in [1.807, 2.05) is 0 Å². The van der Waals surface area contributed by atoms with Crippen LogP contribution in [0.3, 0.4) is 0 Å². The minimum Gasteiger partial charge on any atom is -0.508 e. The quantitative estimate of drug-likeness (QED) is 0.399. The zero-order chi connectivity index (χ0) is 14.5. The number of aromatic nitrogens is 3. The molecule has 0 saturated heterocycles. The third kappa shape index (κ3) is 3.20. The summed E-state index contributed by atoms with van der Waals surface area (Å²) in [5.41, 5.74) is 0.651. The lowest BCUT2D eigenvalue weighted by Gasteiger charge is -2.05. The smallest absolute Gasteiger partial charge is 0.296 e. The molecule has 0 amide bonds. The van der Waals surface area contributed by atoms with Gasteiger partial charge in [0.15, 0.2) is 0 Å². The van der Waals surface area contributed by atoms with Crippen LogP contribution in [0.1, 0.15) is 5.69 Å². The first-order chi connectivity index (χ1) is 9.60. The van der Waals surface area contributed by atoms with E-state index in [2.05, 4.69) is 15.6 Å². The van der Waals surface area contributed by atoms with Crippen molar-refractivity contribution in [1.29, 1.82) is 0 Å². The molecule has 9 heteroatoms. The molecule has 0 bridgehead atoms. The van der Waals surface area contributed by atoms with Gasteiger partial charge in [0, 0.05) is 0 Å². The first-order valence-electron chi connectivity index (χ1n) is 5.81. The molecule has 0 unspecified atom stereocenters. The lowest BCUT2D eigenvalue weighted by atomic mass is 10.2. The molecule has 1 heterocycles. The molecule has 20 heavy (non-hydrogen) atoms. The molecule has 0 saturated carbocycles. The predicted molar refractivity (Wildman–Crippen MR) is 69.2 cm³/mol. The van der Waals surface area contributed by atoms with Crippen LogP contribution in [-0.2, 0) is 13.1 Å². The monoisotopic (exact) mass is 279 g/mol. The first kappa shape index (κ1) is 13.7. The van der Waals surface area contributed by atoms with Crippen LogP contribution in [0.15, 0.2) is 24.4 Å². The summed E-state index contributed by atoms with van der Waals surface area (Å²) in [5.74, 6) is -0.170. The minimum absolute atomic E-state index is 0.0420. The van der Waals surface area contributed by atoms with Crippen LogP contribution in [0.5, 0.6) is 5.75 Å². The third-order valence-electron chi connectivity index (χ3n) is 2.55. The van der Waals surface area contributed by atoms with Crippen LogP contribution >= 0.6 is 0 Å². The molecule has 0 aliphatic heterocycles. The zero-order valence-corrected chi connectivity index (χ0v) is 10.4. The minimum atomic E-state index is -0.579. The van der Waals surface area contributed by atoms with Crippen LogP contribution in [0.25, 0.3) is 0 Å². The maximum Gasteiger partial charge on any atom is 0.296 e. The largest absolute Gasteiger partial charge is 0.508 e. The molecule has 2 rings (SSSR count). The topological polar surface area (TPSA) is 126 Å². The highest BCUT2D eigenvalue weighted by atomic mass is 16.6. The number of hydrogen-bond acceptors (Lipinski definition) is 7. The number of rotatable bonds is 6. The van der Waals surface area contributed by atoms with Gasteiger partial charge in [-0.1, -0.05) is 5.21 Å². The number of anilines is 1. The van der Waals surface area contributed by atoms with E-state index in [4.69, 9.17) is 5.11 Å². The van der Waals surface area contributed by atoms with Crippen molar-refractivity contribution in [3.63, 3.8) is 0 Å². The van der Waals surface area contributed by atoms with Gasteiger partial charge in [-0.05, 0) is 12.1 Å². The zero-order valence-electron chi connectivity index (χ0n) is 10.4. The predicted octanol–water partition coefficient (Wildman–Crippen LogP) is 0.496. The number of nitro groups is 1. The fourth-order valence-electron chi connectivity index (χ4n) is 1.64. The number of phenols is 1. The molecule has 0 aliphatic rings. The maximum atomic E-state index is 10.9. The Balaban J connectivity index is 2.08. The highest BCUT2D eigenvalue weighted by Crippen LogP contribution is 2.28. The summed E-state index contributed by atoms with van der Waals surface area (Å²) >= 11 is 0. The highest BCUT2D eigenvalue weighted by Gasteiger charge is 2.14. The molecule has 106 valence electrons. The standard InChI is InChI=1S/C11H13N5O4/c17-4-3-15-7-8(13-14-15)6-12-10-2-1-9(18)5-11(10)16(19)20/h1-2,5,7,12,17-18H,3-4,6H2. The number of aliphatic hydroxyl groups is 1. The summed E-state index contributed by atoms with van der Waals surface area (Å²) in [5, 5.41) is 39.4. The van der Waals surface area contributed by atoms with Crippen molar-refractivity contribution in [2.45, 2.75) is 13.1 Å². The Morgan fingerprint density at radius 2 is 2.25 bits per heavy atom. The summed E-state index contributed by atoms with van der Waals surface area (Å²) in [7, 11) is 0. The summed E-state index contributed by atoms with van der Waals surface area (Å²) < 4.78 is 1.47. The maximum absolute atomic E-state index is 10.9. The van der Waals surface area contributed by atoms with Crippen LogP contribution in [-0.4, -0.2) is 36.7 Å². The van der Waals surface area contributed by atoms with Crippen molar-refractivity contribution < 1.29 is 15.1 Å². The number of nitrogens with zero attached hydrogens (tertiary/aromatic N) is 4. The molecule has 9 nitrogen and oxygen atoms in total. The summed E-state index contributed by atoms with van der Waals surface area (Å²) in [4.78, 5) is 10.3. The fourth-order valence-corrected chi connectivity index (χ4v) is 1.64. The molecule has 0 aliphatic carbocycles. The van der Waals surface area contributed by atoms with Gasteiger partial charge in [-0.3, -0.25) is 10.1 Å². The van der Waals surface area contributed by atoms with Gasteiger partial charge in [-0.25, -0.2) is 4.68 Å². The molecule has 2 aromatic rings. The molecule has 0 atom stereocenters. The van der Waals surface area contributed by atoms with Crippen molar-refractivity contribution in [1.82, 2.24) is 15.0 Å². The SMILES string of the molecule is O=[N+]([O-])c1cc(O)ccc1NCc1cn(CCO)nn1. The first-order valence-corrected chi connectivity index (χ1v) is 5.81. The average molecular weight is 279 g/mol. The van der Waals surface area contributed by atoms with E-state index in [0.29, 0.717) is 12.2 Å². The number of nitrogens with one attached hydrogen (secondary N) is 1. The lowest BCUT2D eigenvalue weighted by molar-refractivity contribution is -0.384. The van der Waals surface area contributed by atoms with Crippen LogP contribution < -0.4 is 5.32 Å². The molecular weight excluding hydrogens is 266 g/mol. The summed E-state index contributed by atoms with van der Waals surface area (Å²) in [6.45, 7) is 0.545. The second kappa shape index (κ2) is 5.97. The van der Waals surface area contributed by atoms with Gasteiger partial charge in [-0.2, -0.15) is 0 Å². The van der Waals surface area contributed by atoms with E-state index in [1.165, 1.54) is 16.8 Å². The molecular formula is C11H13N5O4. The van der Waals surface area contributed by atoms with Gasteiger partial charge in [0.1, 0.15) is 17.1 Å². The van der Waals surface area contributed by atoms with Crippen molar-refractivity contribution in [3.8, 4) is 5.75 Å². The lowest BCUT2D eigenvalue weighted by Crippen LogP contribution is -2.03. The van der Waals surface area contributed by atoms with Crippen LogP contribution in [0.4, 0.5) is 11.4 Å². The molecule has 0 fully saturated rings. The number of phenolic OH excluding ortho intramolecular Hbond substituents is 1. The number of aromatic hydroxyl groups is 1. The van der Waals surface area contributed by atoms with Crippen LogP contribution in [0.2, 0.25) is 0 Å². The number of benzene rings is 1. The summed E-state index contributed by atoms with van der Waals surface area (Å²) in [6.07, 6.45) is 1.63. The second-order valence-corrected chi connectivity index (χ2v) is 4.01. The number of aliphatic hydroxyl groups excluding tert-OH is 1. The van der Waals surface area contributed by atoms with E-state index >= 15 is 0 Å². The van der Waals surface area contributed by atoms with E-state index in [9.17, 15) is 15.2 Å². The van der Waals surface area contributed by atoms with E-state index in [-0.39, 0.29) is 30.3 Å². The molecule has 3 N–H and O–H groups in total. The van der Waals surface area contributed by atoms with Gasteiger partial charge in [-0.15, -0.1) is 5.10 Å². The van der Waals surface area contributed by atoms with Gasteiger partial charge in [0.2, 0.25) is 0 Å². The van der Waals surface area contributed by atoms with Gasteiger partial charge in [0.25, 0.3) is 5.69 Å². The molecule has 0 spiro atoms. The van der Waals surface area contributed by atoms with E-state index < -0.39 is 4.92 Å². The van der Waals surface area contributed by atoms with E-state index in [1.54, 1.807) is 6.20 Å². The second-order valence-electron chi connectivity index (χ2n) is 4.01. The Morgan fingerprint density at radius 3 is 2.95 bits per heavy atom. The summed E-state index contributed by atoms with van der Waals surface area (Å²) in [6, 6.07) is 3.86. The average Bonchev–Trinajstić information content (AvgIpc) is 2.85. The van der Waals surface area contributed by atoms with Crippen LogP contribution in [0, 0.1) is 10.1 Å². The van der Waals surface area contributed by atoms with Crippen molar-refractivity contribution in [3.05, 3.63) is 40.2 Å². The molecule has 1 aromatic heterocycles. The van der Waals surface area contributed by atoms with E-state index in [0.717, 1.165) is 6.07 Å². The van der Waals surface area contributed by atoms with Gasteiger partial charge < -0.3 is 15.5 Å². The number of hydrogen-bond donors (Lipinski definition) is 3. The third-order valence-corrected chi connectivity index (χ3v) is 2.55. The Bertz CT molecular complexity index is 613. The normalized spacial score (nSPS) is 10.4. The van der Waals surface area contributed by atoms with Crippen molar-refractivity contribution in [2.75, 3.05) is 11.9 Å². The molecule has 1 aromatic carbocycles.